The summed E-state index contributed by atoms with van der Waals surface area (Å²) in [6.07, 6.45) is 6.14. The van der Waals surface area contributed by atoms with Crippen molar-refractivity contribution < 1.29 is 35.6 Å². The zero-order valence-corrected chi connectivity index (χ0v) is 25.7. The Labute approximate surface area is 259 Å². The van der Waals surface area contributed by atoms with Crippen molar-refractivity contribution in [1.82, 2.24) is 14.2 Å². The van der Waals surface area contributed by atoms with Gasteiger partial charge in [0.1, 0.15) is 22.3 Å². The van der Waals surface area contributed by atoms with Crippen LogP contribution in [0.15, 0.2) is 81.0 Å². The number of sulfonamides is 2. The van der Waals surface area contributed by atoms with Gasteiger partial charge in [0.15, 0.2) is 17.1 Å². The van der Waals surface area contributed by atoms with Gasteiger partial charge in [-0.2, -0.15) is 8.42 Å². The topological polar surface area (TPSA) is 180 Å². The highest BCUT2D eigenvalue weighted by molar-refractivity contribution is 7.90. The Hall–Kier alpha value is -4.83. The van der Waals surface area contributed by atoms with Crippen molar-refractivity contribution in [1.29, 1.82) is 0 Å². The summed E-state index contributed by atoms with van der Waals surface area (Å²) in [7, 11) is -8.90. The number of furan rings is 1. The van der Waals surface area contributed by atoms with E-state index in [0.29, 0.717) is 16.5 Å². The third-order valence-electron chi connectivity index (χ3n) is 7.64. The number of amidine groups is 1. The molecule has 2 amide bonds. The number of amides is 2. The van der Waals surface area contributed by atoms with Crippen LogP contribution < -0.4 is 10.2 Å². The predicted molar refractivity (Wildman–Crippen MR) is 162 cm³/mol. The molecule has 0 spiro atoms. The molecule has 1 N–H and O–H groups in total. The molecule has 0 saturated carbocycles. The maximum absolute atomic E-state index is 13.7. The molecule has 3 aliphatic rings. The summed E-state index contributed by atoms with van der Waals surface area (Å²) in [5, 5.41) is 1.34. The normalized spacial score (nSPS) is 21.7. The van der Waals surface area contributed by atoms with Crippen LogP contribution in [0.3, 0.4) is 0 Å². The maximum Gasteiger partial charge on any atom is 0.286 e. The standard InChI is InChI=1S/C29H28N6O8S2/c1-18(2)9-11-35-27-21(6-3-10-30-27)25(37)24(28(35)38)26-31-22-8-7-19(15-23(22)44(39,40)32-26)29-33(16-20-5-4-14-43-20)12-13-34(17-36)45(29,41)42/h3-8,10,12-15,17-18,24,29H,9,11,16H2,1-2H3,(H,31,32). The lowest BCUT2D eigenvalue weighted by Gasteiger charge is -2.36. The van der Waals surface area contributed by atoms with Crippen molar-refractivity contribution in [2.24, 2.45) is 16.2 Å². The molecule has 1 aromatic carbocycles. The van der Waals surface area contributed by atoms with E-state index in [9.17, 15) is 31.2 Å². The average molecular weight is 653 g/mol. The van der Waals surface area contributed by atoms with Crippen molar-refractivity contribution >= 4 is 55.5 Å². The Morgan fingerprint density at radius 1 is 1.07 bits per heavy atom. The van der Waals surface area contributed by atoms with E-state index in [1.807, 2.05) is 13.8 Å². The van der Waals surface area contributed by atoms with Gasteiger partial charge in [-0.1, -0.05) is 19.9 Å². The van der Waals surface area contributed by atoms with Gasteiger partial charge in [0.25, 0.3) is 20.0 Å². The molecule has 14 nitrogen and oxygen atoms in total. The Balaban J connectivity index is 1.38. The number of pyridine rings is 1. The van der Waals surface area contributed by atoms with E-state index in [4.69, 9.17) is 4.42 Å². The third-order valence-corrected chi connectivity index (χ3v) is 10.9. The van der Waals surface area contributed by atoms with Gasteiger partial charge in [0.2, 0.25) is 12.3 Å². The summed E-state index contributed by atoms with van der Waals surface area (Å²) in [5.41, 5.74) is 0.203. The fourth-order valence-corrected chi connectivity index (χ4v) is 8.17. The Morgan fingerprint density at radius 3 is 2.58 bits per heavy atom. The maximum atomic E-state index is 13.7. The van der Waals surface area contributed by atoms with Gasteiger partial charge in [0.05, 0.1) is 24.1 Å². The molecule has 45 heavy (non-hydrogen) atoms. The number of rotatable bonds is 8. The van der Waals surface area contributed by atoms with Crippen molar-refractivity contribution in [3.8, 4) is 0 Å². The van der Waals surface area contributed by atoms with E-state index in [1.54, 1.807) is 18.2 Å². The quantitative estimate of drug-likeness (QED) is 0.279. The monoisotopic (exact) mass is 652 g/mol. The molecule has 0 bridgehead atoms. The van der Waals surface area contributed by atoms with E-state index in [1.165, 1.54) is 46.7 Å². The van der Waals surface area contributed by atoms with Crippen LogP contribution in [-0.4, -0.2) is 61.5 Å². The van der Waals surface area contributed by atoms with Crippen molar-refractivity contribution in [3.05, 3.63) is 84.2 Å². The Morgan fingerprint density at radius 2 is 1.87 bits per heavy atom. The number of Topliss-reactive ketones (excluding diaryl/α,β-unsaturated/α-hetero) is 1. The first kappa shape index (κ1) is 30.2. The van der Waals surface area contributed by atoms with E-state index in [2.05, 4.69) is 14.7 Å². The summed E-state index contributed by atoms with van der Waals surface area (Å²) >= 11 is 0. The van der Waals surface area contributed by atoms with Gasteiger partial charge in [-0.25, -0.2) is 17.7 Å². The second-order valence-corrected chi connectivity index (χ2v) is 14.5. The lowest BCUT2D eigenvalue weighted by molar-refractivity contribution is -0.119. The molecule has 16 heteroatoms. The van der Waals surface area contributed by atoms with Gasteiger partial charge in [-0.05, 0) is 54.3 Å². The van der Waals surface area contributed by atoms with Crippen LogP contribution in [0.2, 0.25) is 0 Å². The number of benzene rings is 1. The van der Waals surface area contributed by atoms with Gasteiger partial charge < -0.3 is 14.6 Å². The van der Waals surface area contributed by atoms with Crippen LogP contribution in [0.4, 0.5) is 11.5 Å². The summed E-state index contributed by atoms with van der Waals surface area (Å²) < 4.78 is 63.9. The average Bonchev–Trinajstić information content (AvgIpc) is 3.50. The molecule has 2 unspecified atom stereocenters. The summed E-state index contributed by atoms with van der Waals surface area (Å²) in [4.78, 5) is 45.5. The molecule has 2 atom stereocenters. The highest BCUT2D eigenvalue weighted by Gasteiger charge is 2.46. The van der Waals surface area contributed by atoms with Crippen LogP contribution in [-0.2, 0) is 36.2 Å². The van der Waals surface area contributed by atoms with Crippen molar-refractivity contribution in [2.45, 2.75) is 37.1 Å². The van der Waals surface area contributed by atoms with E-state index in [0.717, 1.165) is 12.3 Å². The first-order chi connectivity index (χ1) is 21.4. The first-order valence-corrected chi connectivity index (χ1v) is 16.9. The SMILES string of the molecule is CC(C)CCN1C(=O)C(C2=NS(=O)(=O)c3cc(C4N(Cc5ccco5)C=CN(C=O)S4(=O)=O)ccc3N2)C(=O)c2cccnc21. The van der Waals surface area contributed by atoms with E-state index in [-0.39, 0.29) is 58.8 Å². The van der Waals surface area contributed by atoms with E-state index >= 15 is 0 Å². The van der Waals surface area contributed by atoms with Gasteiger partial charge in [0, 0.05) is 25.1 Å². The molecule has 6 rings (SSSR count). The molecule has 0 fully saturated rings. The zero-order chi connectivity index (χ0) is 32.1. The predicted octanol–water partition coefficient (Wildman–Crippen LogP) is 2.85. The molecule has 3 aromatic rings. The van der Waals surface area contributed by atoms with Crippen molar-refractivity contribution in [2.75, 3.05) is 16.8 Å². The lowest BCUT2D eigenvalue weighted by atomic mass is 9.90. The molecule has 5 heterocycles. The van der Waals surface area contributed by atoms with Crippen LogP contribution >= 0.6 is 0 Å². The minimum atomic E-state index is -4.54. The Kier molecular flexibility index (Phi) is 7.56. The number of ketones is 1. The number of hydrogen-bond acceptors (Lipinski definition) is 11. The summed E-state index contributed by atoms with van der Waals surface area (Å²) in [6.45, 7) is 4.24. The van der Waals surface area contributed by atoms with Gasteiger partial charge in [-0.3, -0.25) is 19.3 Å². The van der Waals surface area contributed by atoms with Gasteiger partial charge >= 0.3 is 0 Å². The smallest absolute Gasteiger partial charge is 0.286 e. The number of aromatic nitrogens is 1. The molecular weight excluding hydrogens is 624 g/mol. The van der Waals surface area contributed by atoms with Crippen LogP contribution in [0, 0.1) is 11.8 Å². The second kappa shape index (κ2) is 11.3. The van der Waals surface area contributed by atoms with Crippen molar-refractivity contribution in [3.63, 3.8) is 0 Å². The van der Waals surface area contributed by atoms with Crippen LogP contribution in [0.25, 0.3) is 0 Å². The Bertz CT molecular complexity index is 1970. The first-order valence-electron chi connectivity index (χ1n) is 13.9. The van der Waals surface area contributed by atoms with E-state index < -0.39 is 43.0 Å². The van der Waals surface area contributed by atoms with Crippen LogP contribution in [0.5, 0.6) is 0 Å². The highest BCUT2D eigenvalue weighted by atomic mass is 32.2. The molecule has 0 saturated heterocycles. The third kappa shape index (κ3) is 5.29. The molecule has 234 valence electrons. The summed E-state index contributed by atoms with van der Waals surface area (Å²) in [6, 6.07) is 10.2. The lowest BCUT2D eigenvalue weighted by Crippen LogP contribution is -2.51. The number of carbonyl (C=O) groups excluding carboxylic acids is 3. The van der Waals surface area contributed by atoms with Gasteiger partial charge in [-0.15, -0.1) is 4.40 Å². The number of nitrogens with one attached hydrogen (secondary N) is 1. The molecule has 2 aromatic heterocycles. The molecule has 0 radical (unpaired) electrons. The number of hydrogen-bond donors (Lipinski definition) is 1. The minimum absolute atomic E-state index is 0.0000229. The number of fused-ring (bicyclic) bond motifs is 2. The fourth-order valence-electron chi connectivity index (χ4n) is 5.43. The number of nitrogens with zero attached hydrogens (tertiary/aromatic N) is 5. The largest absolute Gasteiger partial charge is 0.467 e. The van der Waals surface area contributed by atoms with Crippen LogP contribution in [0.1, 0.15) is 47.3 Å². The zero-order valence-electron chi connectivity index (χ0n) is 24.1. The fraction of sp³-hybridized carbons (Fsp3) is 0.276. The minimum Gasteiger partial charge on any atom is -0.467 e. The molecule has 3 aliphatic heterocycles. The molecular formula is C29H28N6O8S2. The highest BCUT2D eigenvalue weighted by Crippen LogP contribution is 2.39. The second-order valence-electron chi connectivity index (χ2n) is 11.1. The summed E-state index contributed by atoms with van der Waals surface area (Å²) in [5.74, 6) is -2.35. The number of anilines is 2. The number of carbonyl (C=O) groups is 3. The molecule has 0 aliphatic carbocycles.